The Morgan fingerprint density at radius 3 is 2.50 bits per heavy atom. The molecule has 0 aromatic heterocycles. The Morgan fingerprint density at radius 1 is 1.40 bits per heavy atom. The number of benzene rings is 1. The van der Waals surface area contributed by atoms with Gasteiger partial charge in [0, 0.05) is 13.6 Å². The van der Waals surface area contributed by atoms with Gasteiger partial charge in [0.15, 0.2) is 0 Å². The Hall–Kier alpha value is -2.58. The first-order valence-electron chi connectivity index (χ1n) is 5.34. The monoisotopic (exact) mass is 288 g/mol. The standard InChI is InChI=1S/C11H10F2N2O5/c1-14(3-2-9(16)17)11(18)7-4-6(12)5-8(10(7)13)15(19)20/h4-5H,2-3H2,1H3,(H,16,17). The molecule has 0 heterocycles. The lowest BCUT2D eigenvalue weighted by Crippen LogP contribution is -2.30. The molecule has 0 radical (unpaired) electrons. The molecule has 0 saturated carbocycles. The number of nitro groups is 1. The Balaban J connectivity index is 3.09. The highest BCUT2D eigenvalue weighted by molar-refractivity contribution is 5.95. The summed E-state index contributed by atoms with van der Waals surface area (Å²) in [6.07, 6.45) is -0.388. The number of nitrogens with zero attached hydrogens (tertiary/aromatic N) is 2. The molecule has 1 aromatic rings. The lowest BCUT2D eigenvalue weighted by atomic mass is 10.1. The number of amides is 1. The van der Waals surface area contributed by atoms with E-state index in [0.717, 1.165) is 4.90 Å². The lowest BCUT2D eigenvalue weighted by molar-refractivity contribution is -0.387. The van der Waals surface area contributed by atoms with Gasteiger partial charge in [-0.05, 0) is 6.07 Å². The Bertz CT molecular complexity index is 576. The Morgan fingerprint density at radius 2 is 2.00 bits per heavy atom. The Labute approximate surface area is 111 Å². The van der Waals surface area contributed by atoms with E-state index in [0.29, 0.717) is 12.1 Å². The number of halogens is 2. The van der Waals surface area contributed by atoms with Crippen LogP contribution in [0.3, 0.4) is 0 Å². The zero-order valence-corrected chi connectivity index (χ0v) is 10.3. The molecule has 108 valence electrons. The third-order valence-corrected chi connectivity index (χ3v) is 2.45. The predicted molar refractivity (Wildman–Crippen MR) is 62.2 cm³/mol. The molecule has 0 bridgehead atoms. The summed E-state index contributed by atoms with van der Waals surface area (Å²) in [6, 6.07) is 0.894. The third-order valence-electron chi connectivity index (χ3n) is 2.45. The molecule has 0 saturated heterocycles. The minimum atomic E-state index is -1.46. The third kappa shape index (κ3) is 3.46. The minimum Gasteiger partial charge on any atom is -0.481 e. The van der Waals surface area contributed by atoms with Crippen LogP contribution in [0.4, 0.5) is 14.5 Å². The highest BCUT2D eigenvalue weighted by atomic mass is 19.1. The van der Waals surface area contributed by atoms with E-state index in [-0.39, 0.29) is 13.0 Å². The average Bonchev–Trinajstić information content (AvgIpc) is 2.36. The molecule has 0 aliphatic carbocycles. The van der Waals surface area contributed by atoms with Gasteiger partial charge in [-0.15, -0.1) is 0 Å². The molecule has 1 N–H and O–H groups in total. The van der Waals surface area contributed by atoms with Gasteiger partial charge >= 0.3 is 11.7 Å². The van der Waals surface area contributed by atoms with E-state index in [1.807, 2.05) is 0 Å². The molecule has 0 unspecified atom stereocenters. The summed E-state index contributed by atoms with van der Waals surface area (Å²) in [7, 11) is 1.18. The van der Waals surface area contributed by atoms with Crippen LogP contribution >= 0.6 is 0 Å². The lowest BCUT2D eigenvalue weighted by Gasteiger charge is -2.16. The number of carboxylic acid groups (broad SMARTS) is 1. The second-order valence-electron chi connectivity index (χ2n) is 3.91. The number of hydrogen-bond donors (Lipinski definition) is 1. The molecule has 0 spiro atoms. The van der Waals surface area contributed by atoms with E-state index in [2.05, 4.69) is 0 Å². The minimum absolute atomic E-state index is 0.238. The first-order valence-corrected chi connectivity index (χ1v) is 5.34. The summed E-state index contributed by atoms with van der Waals surface area (Å²) < 4.78 is 26.9. The van der Waals surface area contributed by atoms with Gasteiger partial charge in [0.05, 0.1) is 23.0 Å². The van der Waals surface area contributed by atoms with Crippen molar-refractivity contribution in [3.8, 4) is 0 Å². The zero-order chi connectivity index (χ0) is 15.4. The summed E-state index contributed by atoms with van der Waals surface area (Å²) in [5.41, 5.74) is -1.97. The topological polar surface area (TPSA) is 101 Å². The summed E-state index contributed by atoms with van der Waals surface area (Å²) in [5.74, 6) is -4.79. The van der Waals surface area contributed by atoms with E-state index in [1.54, 1.807) is 0 Å². The van der Waals surface area contributed by atoms with E-state index >= 15 is 0 Å². The number of carbonyl (C=O) groups is 2. The first-order chi connectivity index (χ1) is 9.23. The second kappa shape index (κ2) is 6.04. The molecule has 0 aliphatic rings. The van der Waals surface area contributed by atoms with Gasteiger partial charge in [-0.1, -0.05) is 0 Å². The van der Waals surface area contributed by atoms with E-state index in [1.165, 1.54) is 7.05 Å². The van der Waals surface area contributed by atoms with Crippen molar-refractivity contribution in [3.63, 3.8) is 0 Å². The molecule has 1 amide bonds. The van der Waals surface area contributed by atoms with Crippen LogP contribution < -0.4 is 0 Å². The van der Waals surface area contributed by atoms with Crippen molar-refractivity contribution in [3.05, 3.63) is 39.4 Å². The normalized spacial score (nSPS) is 10.2. The van der Waals surface area contributed by atoms with Crippen LogP contribution in [0.5, 0.6) is 0 Å². The first kappa shape index (κ1) is 15.5. The maximum atomic E-state index is 13.7. The fourth-order valence-electron chi connectivity index (χ4n) is 1.43. The highest BCUT2D eigenvalue weighted by Gasteiger charge is 2.26. The molecule has 7 nitrogen and oxygen atoms in total. The number of carboxylic acids is 1. The van der Waals surface area contributed by atoms with Gasteiger partial charge in [0.1, 0.15) is 5.82 Å². The van der Waals surface area contributed by atoms with Crippen LogP contribution in [0, 0.1) is 21.7 Å². The quantitative estimate of drug-likeness (QED) is 0.652. The van der Waals surface area contributed by atoms with Crippen LogP contribution in [0.15, 0.2) is 12.1 Å². The zero-order valence-electron chi connectivity index (χ0n) is 10.3. The number of hydrogen-bond acceptors (Lipinski definition) is 4. The average molecular weight is 288 g/mol. The van der Waals surface area contributed by atoms with Gasteiger partial charge in [-0.2, -0.15) is 4.39 Å². The smallest absolute Gasteiger partial charge is 0.308 e. The Kier molecular flexibility index (Phi) is 4.68. The van der Waals surface area contributed by atoms with Crippen LogP contribution in [0.1, 0.15) is 16.8 Å². The van der Waals surface area contributed by atoms with E-state index in [9.17, 15) is 28.5 Å². The van der Waals surface area contributed by atoms with Gasteiger partial charge in [-0.25, -0.2) is 4.39 Å². The molecule has 1 aromatic carbocycles. The summed E-state index contributed by atoms with van der Waals surface area (Å²) >= 11 is 0. The van der Waals surface area contributed by atoms with Crippen molar-refractivity contribution in [2.24, 2.45) is 0 Å². The van der Waals surface area contributed by atoms with E-state index in [4.69, 9.17) is 5.11 Å². The number of nitro benzene ring substituents is 1. The number of carbonyl (C=O) groups excluding carboxylic acids is 1. The predicted octanol–water partition coefficient (Wildman–Crippen LogP) is 1.42. The van der Waals surface area contributed by atoms with Gasteiger partial charge < -0.3 is 10.0 Å². The fraction of sp³-hybridized carbons (Fsp3) is 0.273. The molecule has 1 rings (SSSR count). The maximum absolute atomic E-state index is 13.7. The van der Waals surface area contributed by atoms with Crippen molar-refractivity contribution < 1.29 is 28.4 Å². The summed E-state index contributed by atoms with van der Waals surface area (Å²) in [5, 5.41) is 19.0. The van der Waals surface area contributed by atoms with Gasteiger partial charge in [0.2, 0.25) is 5.82 Å². The largest absolute Gasteiger partial charge is 0.481 e. The van der Waals surface area contributed by atoms with Crippen molar-refractivity contribution in [2.45, 2.75) is 6.42 Å². The van der Waals surface area contributed by atoms with Gasteiger partial charge in [0.25, 0.3) is 5.91 Å². The number of aliphatic carboxylic acids is 1. The molecular formula is C11H10F2N2O5. The fourth-order valence-corrected chi connectivity index (χ4v) is 1.43. The van der Waals surface area contributed by atoms with Crippen molar-refractivity contribution in [2.75, 3.05) is 13.6 Å². The molecule has 0 atom stereocenters. The summed E-state index contributed by atoms with van der Waals surface area (Å²) in [6.45, 7) is -0.238. The molecule has 0 aliphatic heterocycles. The maximum Gasteiger partial charge on any atom is 0.308 e. The summed E-state index contributed by atoms with van der Waals surface area (Å²) in [4.78, 5) is 32.4. The van der Waals surface area contributed by atoms with E-state index < -0.39 is 39.7 Å². The van der Waals surface area contributed by atoms with Crippen LogP contribution in [-0.2, 0) is 4.79 Å². The number of rotatable bonds is 5. The van der Waals surface area contributed by atoms with Crippen LogP contribution in [-0.4, -0.2) is 40.4 Å². The van der Waals surface area contributed by atoms with Crippen molar-refractivity contribution in [1.29, 1.82) is 0 Å². The second-order valence-corrected chi connectivity index (χ2v) is 3.91. The SMILES string of the molecule is CN(CCC(=O)O)C(=O)c1cc(F)cc([N+](=O)[O-])c1F. The van der Waals surface area contributed by atoms with Crippen molar-refractivity contribution in [1.82, 2.24) is 4.90 Å². The molecular weight excluding hydrogens is 278 g/mol. The van der Waals surface area contributed by atoms with Gasteiger partial charge in [-0.3, -0.25) is 19.7 Å². The molecule has 0 fully saturated rings. The van der Waals surface area contributed by atoms with Crippen molar-refractivity contribution >= 4 is 17.6 Å². The molecule has 20 heavy (non-hydrogen) atoms. The highest BCUT2D eigenvalue weighted by Crippen LogP contribution is 2.23. The van der Waals surface area contributed by atoms with Crippen LogP contribution in [0.2, 0.25) is 0 Å². The van der Waals surface area contributed by atoms with Crippen LogP contribution in [0.25, 0.3) is 0 Å². The molecule has 9 heteroatoms.